The van der Waals surface area contributed by atoms with Crippen LogP contribution in [-0.2, 0) is 14.4 Å². The zero-order valence-electron chi connectivity index (χ0n) is 16.3. The molecule has 29 heavy (non-hydrogen) atoms. The van der Waals surface area contributed by atoms with Crippen molar-refractivity contribution in [3.05, 3.63) is 18.2 Å². The van der Waals surface area contributed by atoms with Gasteiger partial charge in [-0.05, 0) is 38.0 Å². The van der Waals surface area contributed by atoms with Crippen LogP contribution in [0.2, 0.25) is 0 Å². The number of rotatable bonds is 6. The van der Waals surface area contributed by atoms with Crippen LogP contribution in [0.4, 0.5) is 5.13 Å². The van der Waals surface area contributed by atoms with E-state index in [-0.39, 0.29) is 24.8 Å². The molecule has 0 bridgehead atoms. The van der Waals surface area contributed by atoms with Gasteiger partial charge >= 0.3 is 0 Å². The average molecular weight is 417 g/mol. The van der Waals surface area contributed by atoms with Crippen molar-refractivity contribution >= 4 is 44.4 Å². The van der Waals surface area contributed by atoms with Gasteiger partial charge in [0.05, 0.1) is 22.7 Å². The zero-order valence-corrected chi connectivity index (χ0v) is 17.1. The minimum atomic E-state index is -0.973. The number of amides is 3. The first-order valence-electron chi connectivity index (χ1n) is 9.87. The van der Waals surface area contributed by atoms with Gasteiger partial charge < -0.3 is 15.8 Å². The predicted octanol–water partition coefficient (Wildman–Crippen LogP) is 1.96. The number of anilines is 1. The van der Waals surface area contributed by atoms with Gasteiger partial charge in [-0.15, -0.1) is 0 Å². The predicted molar refractivity (Wildman–Crippen MR) is 110 cm³/mol. The van der Waals surface area contributed by atoms with Gasteiger partial charge in [-0.2, -0.15) is 0 Å². The lowest BCUT2D eigenvalue weighted by molar-refractivity contribution is -0.133. The molecule has 3 amide bonds. The average Bonchev–Trinajstić information content (AvgIpc) is 3.39. The molecule has 2 heterocycles. The smallest absolute Gasteiger partial charge is 0.243 e. The lowest BCUT2D eigenvalue weighted by Gasteiger charge is -2.28. The van der Waals surface area contributed by atoms with Crippen molar-refractivity contribution in [3.63, 3.8) is 0 Å². The number of ether oxygens (including phenoxy) is 1. The Labute approximate surface area is 172 Å². The molecule has 8 nitrogen and oxygen atoms in total. The minimum Gasteiger partial charge on any atom is -0.494 e. The summed E-state index contributed by atoms with van der Waals surface area (Å²) in [5, 5.41) is 3.42. The zero-order chi connectivity index (χ0) is 20.6. The van der Waals surface area contributed by atoms with E-state index in [1.165, 1.54) is 11.3 Å². The van der Waals surface area contributed by atoms with Crippen molar-refractivity contribution in [2.75, 3.05) is 18.1 Å². The monoisotopic (exact) mass is 416 g/mol. The normalized spacial score (nSPS) is 20.9. The Kier molecular flexibility index (Phi) is 5.16. The first kappa shape index (κ1) is 19.6. The van der Waals surface area contributed by atoms with Crippen LogP contribution in [-0.4, -0.2) is 41.4 Å². The molecule has 2 aliphatic rings. The summed E-state index contributed by atoms with van der Waals surface area (Å²) >= 11 is 1.40. The van der Waals surface area contributed by atoms with Gasteiger partial charge in [0.1, 0.15) is 11.3 Å². The fourth-order valence-electron chi connectivity index (χ4n) is 4.08. The molecule has 1 saturated carbocycles. The Morgan fingerprint density at radius 3 is 2.83 bits per heavy atom. The molecule has 1 atom stereocenters. The number of carbonyl (C=O) groups is 3. The molecule has 1 aromatic carbocycles. The molecule has 9 heteroatoms. The molecule has 1 aliphatic carbocycles. The molecule has 4 rings (SSSR count). The van der Waals surface area contributed by atoms with Crippen LogP contribution in [0.15, 0.2) is 18.2 Å². The second-order valence-corrected chi connectivity index (χ2v) is 8.62. The highest BCUT2D eigenvalue weighted by Crippen LogP contribution is 2.35. The highest BCUT2D eigenvalue weighted by molar-refractivity contribution is 7.22. The Morgan fingerprint density at radius 1 is 1.38 bits per heavy atom. The summed E-state index contributed by atoms with van der Waals surface area (Å²) < 4.78 is 6.44. The third kappa shape index (κ3) is 3.66. The highest BCUT2D eigenvalue weighted by atomic mass is 32.1. The summed E-state index contributed by atoms with van der Waals surface area (Å²) in [4.78, 5) is 43.4. The number of fused-ring (bicyclic) bond motifs is 1. The molecule has 0 spiro atoms. The molecule has 1 aromatic heterocycles. The fourth-order valence-corrected chi connectivity index (χ4v) is 5.10. The number of carbonyl (C=O) groups excluding carboxylic acids is 3. The van der Waals surface area contributed by atoms with Gasteiger partial charge in [0, 0.05) is 13.0 Å². The van der Waals surface area contributed by atoms with Gasteiger partial charge in [-0.25, -0.2) is 4.98 Å². The van der Waals surface area contributed by atoms with Gasteiger partial charge in [0.15, 0.2) is 5.13 Å². The summed E-state index contributed by atoms with van der Waals surface area (Å²) in [5.74, 6) is -0.699. The SMILES string of the molecule is CCOc1ccc2nc(N3CC(C(=O)NC4(C(N)=O)CCCC4)CC3=O)sc2c1. The molecule has 3 N–H and O–H groups in total. The summed E-state index contributed by atoms with van der Waals surface area (Å²) in [7, 11) is 0. The molecule has 1 saturated heterocycles. The Balaban J connectivity index is 1.49. The van der Waals surface area contributed by atoms with Crippen LogP contribution in [0.3, 0.4) is 0 Å². The third-order valence-corrected chi connectivity index (χ3v) is 6.72. The third-order valence-electron chi connectivity index (χ3n) is 5.68. The van der Waals surface area contributed by atoms with Crippen molar-refractivity contribution in [2.45, 2.75) is 44.6 Å². The van der Waals surface area contributed by atoms with Crippen molar-refractivity contribution in [2.24, 2.45) is 11.7 Å². The summed E-state index contributed by atoms with van der Waals surface area (Å²) in [6.45, 7) is 2.74. The Morgan fingerprint density at radius 2 is 2.14 bits per heavy atom. The van der Waals surface area contributed by atoms with Crippen LogP contribution in [0.1, 0.15) is 39.0 Å². The van der Waals surface area contributed by atoms with Crippen LogP contribution in [0, 0.1) is 5.92 Å². The van der Waals surface area contributed by atoms with Gasteiger partial charge in [-0.1, -0.05) is 24.2 Å². The van der Waals surface area contributed by atoms with E-state index in [4.69, 9.17) is 10.5 Å². The number of nitrogens with two attached hydrogens (primary N) is 1. The largest absolute Gasteiger partial charge is 0.494 e. The lowest BCUT2D eigenvalue weighted by Crippen LogP contribution is -2.57. The maximum atomic E-state index is 12.8. The van der Waals surface area contributed by atoms with Crippen molar-refractivity contribution in [3.8, 4) is 5.75 Å². The molecular formula is C20H24N4O4S. The topological polar surface area (TPSA) is 115 Å². The van der Waals surface area contributed by atoms with Crippen molar-refractivity contribution in [1.82, 2.24) is 10.3 Å². The summed E-state index contributed by atoms with van der Waals surface area (Å²) in [6, 6.07) is 5.62. The van der Waals surface area contributed by atoms with E-state index in [1.54, 1.807) is 4.90 Å². The number of hydrogen-bond acceptors (Lipinski definition) is 6. The summed E-state index contributed by atoms with van der Waals surface area (Å²) in [6.07, 6.45) is 2.92. The molecule has 1 unspecified atom stereocenters. The van der Waals surface area contributed by atoms with E-state index in [0.717, 1.165) is 28.8 Å². The van der Waals surface area contributed by atoms with E-state index in [2.05, 4.69) is 10.3 Å². The molecule has 1 aliphatic heterocycles. The quantitative estimate of drug-likeness (QED) is 0.747. The van der Waals surface area contributed by atoms with Crippen molar-refractivity contribution < 1.29 is 19.1 Å². The number of nitrogens with zero attached hydrogens (tertiary/aromatic N) is 2. The Bertz CT molecular complexity index is 967. The maximum absolute atomic E-state index is 12.8. The second kappa shape index (κ2) is 7.62. The lowest BCUT2D eigenvalue weighted by atomic mass is 9.95. The molecule has 0 radical (unpaired) electrons. The first-order chi connectivity index (χ1) is 13.9. The maximum Gasteiger partial charge on any atom is 0.243 e. The van der Waals surface area contributed by atoms with E-state index >= 15 is 0 Å². The number of benzene rings is 1. The number of thiazole rings is 1. The molecule has 2 fully saturated rings. The highest BCUT2D eigenvalue weighted by Gasteiger charge is 2.44. The van der Waals surface area contributed by atoms with Gasteiger partial charge in [0.25, 0.3) is 0 Å². The van der Waals surface area contributed by atoms with Gasteiger partial charge in [-0.3, -0.25) is 19.3 Å². The van der Waals surface area contributed by atoms with Crippen LogP contribution in [0.5, 0.6) is 5.75 Å². The number of aromatic nitrogens is 1. The standard InChI is InChI=1S/C20H24N4O4S/c1-2-28-13-5-6-14-15(10-13)29-19(22-14)24-11-12(9-16(24)25)17(26)23-20(18(21)27)7-3-4-8-20/h5-6,10,12H,2-4,7-9,11H2,1H3,(H2,21,27)(H,23,26). The molecule has 154 valence electrons. The fraction of sp³-hybridized carbons (Fsp3) is 0.500. The van der Waals surface area contributed by atoms with Gasteiger partial charge in [0.2, 0.25) is 17.7 Å². The van der Waals surface area contributed by atoms with E-state index in [0.29, 0.717) is 24.6 Å². The Hall–Kier alpha value is -2.68. The molecule has 2 aromatic rings. The second-order valence-electron chi connectivity index (χ2n) is 7.61. The molecular weight excluding hydrogens is 392 g/mol. The number of hydrogen-bond donors (Lipinski definition) is 2. The van der Waals surface area contributed by atoms with Crippen LogP contribution >= 0.6 is 11.3 Å². The van der Waals surface area contributed by atoms with Crippen LogP contribution in [0.25, 0.3) is 10.2 Å². The number of nitrogens with one attached hydrogen (secondary N) is 1. The van der Waals surface area contributed by atoms with E-state index in [1.807, 2.05) is 25.1 Å². The van der Waals surface area contributed by atoms with E-state index < -0.39 is 17.4 Å². The number of primary amides is 1. The van der Waals surface area contributed by atoms with E-state index in [9.17, 15) is 14.4 Å². The van der Waals surface area contributed by atoms with Crippen molar-refractivity contribution in [1.29, 1.82) is 0 Å². The first-order valence-corrected chi connectivity index (χ1v) is 10.7. The summed E-state index contributed by atoms with van der Waals surface area (Å²) in [5.41, 5.74) is 5.36. The minimum absolute atomic E-state index is 0.0980. The van der Waals surface area contributed by atoms with Crippen LogP contribution < -0.4 is 20.7 Å².